The van der Waals surface area contributed by atoms with Crippen LogP contribution in [0.25, 0.3) is 0 Å². The lowest BCUT2D eigenvalue weighted by molar-refractivity contribution is 0.246. The standard InChI is InChI=1S/C15H17Cl2N5O/c1-23-14-2-3-18-15(20-14)22-6-4-21(5-7-22)10-13-12(17)8-11(16)9-19-13/h2-3,8-9H,4-7,10H2,1H3. The van der Waals surface area contributed by atoms with Crippen molar-refractivity contribution in [3.63, 3.8) is 0 Å². The van der Waals surface area contributed by atoms with Crippen molar-refractivity contribution in [2.24, 2.45) is 0 Å². The van der Waals surface area contributed by atoms with Crippen LogP contribution in [0.4, 0.5) is 5.95 Å². The van der Waals surface area contributed by atoms with Crippen LogP contribution in [0.5, 0.6) is 5.88 Å². The summed E-state index contributed by atoms with van der Waals surface area (Å²) in [4.78, 5) is 17.5. The summed E-state index contributed by atoms with van der Waals surface area (Å²) in [7, 11) is 1.60. The van der Waals surface area contributed by atoms with Crippen LogP contribution in [-0.2, 0) is 6.54 Å². The fourth-order valence-corrected chi connectivity index (χ4v) is 2.92. The number of methoxy groups -OCH3 is 1. The van der Waals surface area contributed by atoms with Crippen molar-refractivity contribution >= 4 is 29.2 Å². The van der Waals surface area contributed by atoms with Crippen LogP contribution >= 0.6 is 23.2 Å². The Balaban J connectivity index is 1.59. The van der Waals surface area contributed by atoms with Gasteiger partial charge in [-0.25, -0.2) is 4.98 Å². The van der Waals surface area contributed by atoms with Gasteiger partial charge in [0.1, 0.15) is 0 Å². The Morgan fingerprint density at radius 3 is 2.65 bits per heavy atom. The number of aromatic nitrogens is 3. The predicted octanol–water partition coefficient (Wildman–Crippen LogP) is 2.51. The Morgan fingerprint density at radius 2 is 1.96 bits per heavy atom. The smallest absolute Gasteiger partial charge is 0.228 e. The molecule has 8 heteroatoms. The first-order chi connectivity index (χ1) is 11.2. The SMILES string of the molecule is COc1ccnc(N2CCN(Cc3ncc(Cl)cc3Cl)CC2)n1. The van der Waals surface area contributed by atoms with E-state index in [1.165, 1.54) is 0 Å². The highest BCUT2D eigenvalue weighted by atomic mass is 35.5. The third kappa shape index (κ3) is 4.02. The van der Waals surface area contributed by atoms with Crippen molar-refractivity contribution in [3.8, 4) is 5.88 Å². The van der Waals surface area contributed by atoms with Gasteiger partial charge in [-0.2, -0.15) is 4.98 Å². The van der Waals surface area contributed by atoms with E-state index in [0.29, 0.717) is 28.4 Å². The van der Waals surface area contributed by atoms with Gasteiger partial charge >= 0.3 is 0 Å². The Morgan fingerprint density at radius 1 is 1.17 bits per heavy atom. The summed E-state index contributed by atoms with van der Waals surface area (Å²) in [5.41, 5.74) is 0.849. The van der Waals surface area contributed by atoms with E-state index in [2.05, 4.69) is 24.8 Å². The van der Waals surface area contributed by atoms with E-state index in [9.17, 15) is 0 Å². The molecule has 1 saturated heterocycles. The molecule has 0 unspecified atom stereocenters. The molecule has 122 valence electrons. The Labute approximate surface area is 145 Å². The normalized spacial score (nSPS) is 15.7. The van der Waals surface area contributed by atoms with E-state index in [1.807, 2.05) is 0 Å². The lowest BCUT2D eigenvalue weighted by Crippen LogP contribution is -2.46. The minimum absolute atomic E-state index is 0.554. The second-order valence-electron chi connectivity index (χ2n) is 5.24. The van der Waals surface area contributed by atoms with Gasteiger partial charge in [0, 0.05) is 51.2 Å². The molecule has 1 aliphatic rings. The molecule has 0 atom stereocenters. The van der Waals surface area contributed by atoms with Crippen LogP contribution in [0.3, 0.4) is 0 Å². The minimum atomic E-state index is 0.554. The number of pyridine rings is 1. The Hall–Kier alpha value is -1.63. The number of hydrogen-bond donors (Lipinski definition) is 0. The van der Waals surface area contributed by atoms with E-state index in [-0.39, 0.29) is 0 Å². The maximum atomic E-state index is 6.19. The maximum Gasteiger partial charge on any atom is 0.228 e. The van der Waals surface area contributed by atoms with Gasteiger partial charge in [-0.15, -0.1) is 0 Å². The van der Waals surface area contributed by atoms with Gasteiger partial charge in [-0.3, -0.25) is 9.88 Å². The summed E-state index contributed by atoms with van der Waals surface area (Å²) in [6.45, 7) is 4.18. The lowest BCUT2D eigenvalue weighted by atomic mass is 10.2. The molecule has 0 radical (unpaired) electrons. The molecule has 3 heterocycles. The molecule has 6 nitrogen and oxygen atoms in total. The summed E-state index contributed by atoms with van der Waals surface area (Å²) in [6, 6.07) is 3.47. The van der Waals surface area contributed by atoms with Crippen molar-refractivity contribution in [2.45, 2.75) is 6.54 Å². The summed E-state index contributed by atoms with van der Waals surface area (Å²) < 4.78 is 5.15. The summed E-state index contributed by atoms with van der Waals surface area (Å²) in [5.74, 6) is 1.28. The van der Waals surface area contributed by atoms with Crippen LogP contribution in [-0.4, -0.2) is 53.1 Å². The zero-order valence-electron chi connectivity index (χ0n) is 12.7. The first kappa shape index (κ1) is 16.2. The van der Waals surface area contributed by atoms with Gasteiger partial charge in [0.05, 0.1) is 22.8 Å². The molecule has 1 fully saturated rings. The van der Waals surface area contributed by atoms with Crippen LogP contribution in [0.15, 0.2) is 24.5 Å². The molecule has 0 aromatic carbocycles. The molecule has 2 aromatic rings. The van der Waals surface area contributed by atoms with Crippen LogP contribution in [0.2, 0.25) is 10.0 Å². The van der Waals surface area contributed by atoms with Crippen molar-refractivity contribution < 1.29 is 4.74 Å². The van der Waals surface area contributed by atoms with Crippen LogP contribution in [0.1, 0.15) is 5.69 Å². The molecular formula is C15H17Cl2N5O. The van der Waals surface area contributed by atoms with Crippen molar-refractivity contribution in [1.82, 2.24) is 19.9 Å². The summed E-state index contributed by atoms with van der Waals surface area (Å²) >= 11 is 12.1. The topological polar surface area (TPSA) is 54.4 Å². The number of rotatable bonds is 4. The van der Waals surface area contributed by atoms with E-state index in [0.717, 1.165) is 31.9 Å². The molecule has 2 aromatic heterocycles. The van der Waals surface area contributed by atoms with Crippen molar-refractivity contribution in [3.05, 3.63) is 40.3 Å². The largest absolute Gasteiger partial charge is 0.481 e. The highest BCUT2D eigenvalue weighted by molar-refractivity contribution is 6.34. The van der Waals surface area contributed by atoms with Crippen LogP contribution in [0, 0.1) is 0 Å². The Kier molecular flexibility index (Phi) is 5.15. The van der Waals surface area contributed by atoms with Gasteiger partial charge in [0.25, 0.3) is 0 Å². The highest BCUT2D eigenvalue weighted by Gasteiger charge is 2.20. The molecule has 0 saturated carbocycles. The third-order valence-corrected chi connectivity index (χ3v) is 4.27. The molecule has 1 aliphatic heterocycles. The van der Waals surface area contributed by atoms with Crippen molar-refractivity contribution in [2.75, 3.05) is 38.2 Å². The first-order valence-corrected chi connectivity index (χ1v) is 8.05. The molecular weight excluding hydrogens is 337 g/mol. The molecule has 0 amide bonds. The van der Waals surface area contributed by atoms with E-state index in [4.69, 9.17) is 27.9 Å². The average Bonchev–Trinajstić information content (AvgIpc) is 2.58. The second-order valence-corrected chi connectivity index (χ2v) is 6.09. The van der Waals surface area contributed by atoms with Gasteiger partial charge in [-0.05, 0) is 6.07 Å². The number of halogens is 2. The average molecular weight is 354 g/mol. The maximum absolute atomic E-state index is 6.19. The monoisotopic (exact) mass is 353 g/mol. The number of anilines is 1. The molecule has 23 heavy (non-hydrogen) atoms. The van der Waals surface area contributed by atoms with Gasteiger partial charge in [0.2, 0.25) is 11.8 Å². The summed E-state index contributed by atoms with van der Waals surface area (Å²) in [5, 5.41) is 1.16. The molecule has 0 spiro atoms. The van der Waals surface area contributed by atoms with E-state index < -0.39 is 0 Å². The highest BCUT2D eigenvalue weighted by Crippen LogP contribution is 2.21. The molecule has 0 aliphatic carbocycles. The number of hydrogen-bond acceptors (Lipinski definition) is 6. The number of ether oxygens (including phenoxy) is 1. The zero-order valence-corrected chi connectivity index (χ0v) is 14.3. The Bertz CT molecular complexity index is 677. The number of piperazine rings is 1. The fraction of sp³-hybridized carbons (Fsp3) is 0.400. The molecule has 0 bridgehead atoms. The third-order valence-electron chi connectivity index (χ3n) is 3.74. The van der Waals surface area contributed by atoms with Gasteiger partial charge in [-0.1, -0.05) is 23.2 Å². The number of nitrogens with zero attached hydrogens (tertiary/aromatic N) is 5. The van der Waals surface area contributed by atoms with Gasteiger partial charge < -0.3 is 9.64 Å². The zero-order chi connectivity index (χ0) is 16.2. The minimum Gasteiger partial charge on any atom is -0.481 e. The van der Waals surface area contributed by atoms with Crippen LogP contribution < -0.4 is 9.64 Å². The lowest BCUT2D eigenvalue weighted by Gasteiger charge is -2.34. The second kappa shape index (κ2) is 7.29. The van der Waals surface area contributed by atoms with E-state index in [1.54, 1.807) is 31.6 Å². The molecule has 0 N–H and O–H groups in total. The summed E-state index contributed by atoms with van der Waals surface area (Å²) in [6.07, 6.45) is 3.34. The quantitative estimate of drug-likeness (QED) is 0.841. The first-order valence-electron chi connectivity index (χ1n) is 7.30. The fourth-order valence-electron chi connectivity index (χ4n) is 2.48. The van der Waals surface area contributed by atoms with Crippen molar-refractivity contribution in [1.29, 1.82) is 0 Å². The van der Waals surface area contributed by atoms with E-state index >= 15 is 0 Å². The molecule has 3 rings (SSSR count). The van der Waals surface area contributed by atoms with Gasteiger partial charge in [0.15, 0.2) is 0 Å². The predicted molar refractivity (Wildman–Crippen MR) is 90.3 cm³/mol.